The highest BCUT2D eigenvalue weighted by Gasteiger charge is 2.08. The van der Waals surface area contributed by atoms with Crippen LogP contribution in [0.3, 0.4) is 0 Å². The Labute approximate surface area is 120 Å². The van der Waals surface area contributed by atoms with Crippen LogP contribution in [0.2, 0.25) is 5.02 Å². The van der Waals surface area contributed by atoms with Crippen molar-refractivity contribution in [1.29, 1.82) is 0 Å². The molecule has 0 aliphatic rings. The molecule has 0 radical (unpaired) electrons. The second-order valence-corrected chi connectivity index (χ2v) is 4.67. The molecule has 0 saturated heterocycles. The third-order valence-corrected chi connectivity index (χ3v) is 3.04. The Kier molecular flexibility index (Phi) is 3.31. The number of benzene rings is 1. The maximum atomic E-state index is 12.1. The number of nitrogens with zero attached hydrogens (tertiary/aromatic N) is 2. The predicted molar refractivity (Wildman–Crippen MR) is 78.9 cm³/mol. The van der Waals surface area contributed by atoms with E-state index >= 15 is 0 Å². The molecule has 0 aliphatic heterocycles. The molecule has 2 heterocycles. The van der Waals surface area contributed by atoms with Gasteiger partial charge in [-0.25, -0.2) is 4.98 Å². The van der Waals surface area contributed by atoms with Gasteiger partial charge in [0.2, 0.25) is 0 Å². The van der Waals surface area contributed by atoms with Crippen LogP contribution < -0.4 is 5.32 Å². The Bertz CT molecular complexity index is 789. The van der Waals surface area contributed by atoms with Crippen LogP contribution in [0.4, 0.5) is 5.69 Å². The molecule has 0 spiro atoms. The van der Waals surface area contributed by atoms with E-state index in [2.05, 4.69) is 15.3 Å². The van der Waals surface area contributed by atoms with Crippen LogP contribution in [0, 0.1) is 0 Å². The number of aromatic nitrogens is 2. The average Bonchev–Trinajstić information content (AvgIpc) is 2.47. The first-order valence-electron chi connectivity index (χ1n) is 6.00. The Morgan fingerprint density at radius 3 is 2.90 bits per heavy atom. The molecule has 1 aromatic carbocycles. The summed E-state index contributed by atoms with van der Waals surface area (Å²) in [5, 5.41) is 4.23. The van der Waals surface area contributed by atoms with E-state index < -0.39 is 0 Å². The first-order chi connectivity index (χ1) is 9.72. The molecule has 0 bridgehead atoms. The Morgan fingerprint density at radius 2 is 2.05 bits per heavy atom. The van der Waals surface area contributed by atoms with Gasteiger partial charge in [-0.3, -0.25) is 9.78 Å². The van der Waals surface area contributed by atoms with E-state index in [1.165, 1.54) is 0 Å². The number of amides is 1. The van der Waals surface area contributed by atoms with Gasteiger partial charge in [0.05, 0.1) is 5.52 Å². The second kappa shape index (κ2) is 5.27. The van der Waals surface area contributed by atoms with E-state index in [0.717, 1.165) is 10.9 Å². The number of halogens is 1. The van der Waals surface area contributed by atoms with E-state index in [1.54, 1.807) is 48.8 Å². The van der Waals surface area contributed by atoms with E-state index in [-0.39, 0.29) is 5.91 Å². The summed E-state index contributed by atoms with van der Waals surface area (Å²) in [6.07, 6.45) is 3.36. The lowest BCUT2D eigenvalue weighted by molar-refractivity contribution is 0.102. The van der Waals surface area contributed by atoms with Gasteiger partial charge in [0.15, 0.2) is 0 Å². The maximum Gasteiger partial charge on any atom is 0.274 e. The molecule has 5 heteroatoms. The Balaban J connectivity index is 1.88. The minimum absolute atomic E-state index is 0.272. The van der Waals surface area contributed by atoms with E-state index in [1.807, 2.05) is 6.07 Å². The fourth-order valence-corrected chi connectivity index (χ4v) is 2.04. The molecule has 0 saturated carbocycles. The topological polar surface area (TPSA) is 54.9 Å². The number of carbonyl (C=O) groups excluding carboxylic acids is 1. The summed E-state index contributed by atoms with van der Waals surface area (Å²) in [4.78, 5) is 20.5. The summed E-state index contributed by atoms with van der Waals surface area (Å²) in [7, 11) is 0. The van der Waals surface area contributed by atoms with E-state index in [4.69, 9.17) is 11.6 Å². The zero-order valence-electron chi connectivity index (χ0n) is 10.4. The Hall–Kier alpha value is -2.46. The third kappa shape index (κ3) is 2.60. The lowest BCUT2D eigenvalue weighted by atomic mass is 10.2. The zero-order valence-corrected chi connectivity index (χ0v) is 11.1. The quantitative estimate of drug-likeness (QED) is 0.783. The summed E-state index contributed by atoms with van der Waals surface area (Å²) >= 11 is 5.88. The van der Waals surface area contributed by atoms with Crippen molar-refractivity contribution >= 4 is 34.1 Å². The fourth-order valence-electron chi connectivity index (χ4n) is 1.85. The maximum absolute atomic E-state index is 12.1. The second-order valence-electron chi connectivity index (χ2n) is 4.23. The molecular weight excluding hydrogens is 274 g/mol. The van der Waals surface area contributed by atoms with Gasteiger partial charge >= 0.3 is 0 Å². The van der Waals surface area contributed by atoms with Gasteiger partial charge < -0.3 is 5.32 Å². The van der Waals surface area contributed by atoms with Gasteiger partial charge in [-0.05, 0) is 36.4 Å². The van der Waals surface area contributed by atoms with Gasteiger partial charge in [-0.15, -0.1) is 0 Å². The molecule has 0 fully saturated rings. The van der Waals surface area contributed by atoms with E-state index in [9.17, 15) is 4.79 Å². The van der Waals surface area contributed by atoms with Crippen LogP contribution in [0.1, 0.15) is 10.5 Å². The first-order valence-corrected chi connectivity index (χ1v) is 6.38. The van der Waals surface area contributed by atoms with Gasteiger partial charge in [0.25, 0.3) is 5.91 Å². The molecule has 20 heavy (non-hydrogen) atoms. The van der Waals surface area contributed by atoms with Gasteiger partial charge in [0.1, 0.15) is 5.69 Å². The van der Waals surface area contributed by atoms with Crippen molar-refractivity contribution in [1.82, 2.24) is 9.97 Å². The van der Waals surface area contributed by atoms with Crippen molar-refractivity contribution in [3.05, 3.63) is 65.6 Å². The first kappa shape index (κ1) is 12.6. The highest BCUT2D eigenvalue weighted by molar-refractivity contribution is 6.30. The molecule has 0 unspecified atom stereocenters. The number of anilines is 1. The molecule has 2 aromatic heterocycles. The number of pyridine rings is 2. The van der Waals surface area contributed by atoms with Crippen LogP contribution in [0.15, 0.2) is 54.9 Å². The molecule has 1 N–H and O–H groups in total. The minimum Gasteiger partial charge on any atom is -0.321 e. The summed E-state index contributed by atoms with van der Waals surface area (Å²) in [6, 6.07) is 12.2. The highest BCUT2D eigenvalue weighted by atomic mass is 35.5. The number of hydrogen-bond acceptors (Lipinski definition) is 3. The van der Waals surface area contributed by atoms with Crippen LogP contribution in [0.5, 0.6) is 0 Å². The van der Waals surface area contributed by atoms with Crippen LogP contribution in [-0.4, -0.2) is 15.9 Å². The van der Waals surface area contributed by atoms with Gasteiger partial charge in [0, 0.05) is 28.5 Å². The summed E-state index contributed by atoms with van der Waals surface area (Å²) < 4.78 is 0. The Morgan fingerprint density at radius 1 is 1.15 bits per heavy atom. The van der Waals surface area contributed by atoms with Crippen LogP contribution in [-0.2, 0) is 0 Å². The van der Waals surface area contributed by atoms with Crippen molar-refractivity contribution < 1.29 is 4.79 Å². The normalized spacial score (nSPS) is 10.4. The smallest absolute Gasteiger partial charge is 0.274 e. The van der Waals surface area contributed by atoms with Crippen molar-refractivity contribution in [2.45, 2.75) is 0 Å². The molecule has 3 aromatic rings. The van der Waals surface area contributed by atoms with Crippen LogP contribution >= 0.6 is 11.6 Å². The number of nitrogens with one attached hydrogen (secondary N) is 1. The van der Waals surface area contributed by atoms with Gasteiger partial charge in [-0.2, -0.15) is 0 Å². The third-order valence-electron chi connectivity index (χ3n) is 2.80. The van der Waals surface area contributed by atoms with Gasteiger partial charge in [-0.1, -0.05) is 17.7 Å². The zero-order chi connectivity index (χ0) is 13.9. The summed E-state index contributed by atoms with van der Waals surface area (Å²) in [5.41, 5.74) is 1.72. The average molecular weight is 284 g/mol. The molecular formula is C15H10ClN3O. The van der Waals surface area contributed by atoms with Crippen molar-refractivity contribution in [3.63, 3.8) is 0 Å². The SMILES string of the molecule is O=C(Nc1cccc(Cl)c1)c1ccc2cnccc2n1. The molecule has 3 rings (SSSR count). The largest absolute Gasteiger partial charge is 0.321 e. The fraction of sp³-hybridized carbons (Fsp3) is 0. The molecule has 1 amide bonds. The number of rotatable bonds is 2. The molecule has 0 aliphatic carbocycles. The number of fused-ring (bicyclic) bond motifs is 1. The predicted octanol–water partition coefficient (Wildman–Crippen LogP) is 3.54. The summed E-state index contributed by atoms with van der Waals surface area (Å²) in [5.74, 6) is -0.272. The van der Waals surface area contributed by atoms with Crippen molar-refractivity contribution in [2.24, 2.45) is 0 Å². The highest BCUT2D eigenvalue weighted by Crippen LogP contribution is 2.16. The van der Waals surface area contributed by atoms with Crippen molar-refractivity contribution in [2.75, 3.05) is 5.32 Å². The standard InChI is InChI=1S/C15H10ClN3O/c16-11-2-1-3-12(8-11)18-15(20)14-5-4-10-9-17-7-6-13(10)19-14/h1-9H,(H,18,20). The number of carbonyl (C=O) groups is 1. The van der Waals surface area contributed by atoms with E-state index in [0.29, 0.717) is 16.4 Å². The molecule has 0 atom stereocenters. The van der Waals surface area contributed by atoms with Crippen LogP contribution in [0.25, 0.3) is 10.9 Å². The minimum atomic E-state index is -0.272. The number of hydrogen-bond donors (Lipinski definition) is 1. The lowest BCUT2D eigenvalue weighted by Gasteiger charge is -2.05. The molecule has 4 nitrogen and oxygen atoms in total. The lowest BCUT2D eigenvalue weighted by Crippen LogP contribution is -2.13. The van der Waals surface area contributed by atoms with Crippen molar-refractivity contribution in [3.8, 4) is 0 Å². The summed E-state index contributed by atoms with van der Waals surface area (Å²) in [6.45, 7) is 0. The molecule has 98 valence electrons. The monoisotopic (exact) mass is 283 g/mol.